The van der Waals surface area contributed by atoms with Crippen LogP contribution in [0.25, 0.3) is 0 Å². The molecule has 3 rings (SSSR count). The third kappa shape index (κ3) is 3.61. The molecule has 7 nitrogen and oxygen atoms in total. The van der Waals surface area contributed by atoms with Gasteiger partial charge in [-0.1, -0.05) is 17.7 Å². The van der Waals surface area contributed by atoms with Gasteiger partial charge in [0.25, 0.3) is 5.69 Å². The second-order valence-electron chi connectivity index (χ2n) is 5.86. The highest BCUT2D eigenvalue weighted by molar-refractivity contribution is 5.91. The number of ether oxygens (including phenoxy) is 3. The number of esters is 1. The third-order valence-corrected chi connectivity index (χ3v) is 3.95. The van der Waals surface area contributed by atoms with Gasteiger partial charge in [-0.15, -0.1) is 0 Å². The number of non-ortho nitro benzene ring substituents is 1. The average Bonchev–Trinajstić information content (AvgIpc) is 2.61. The molecule has 1 heterocycles. The number of nitro benzene ring substituents is 1. The van der Waals surface area contributed by atoms with E-state index in [1.54, 1.807) is 6.07 Å². The van der Waals surface area contributed by atoms with Crippen molar-refractivity contribution in [3.05, 3.63) is 68.3 Å². The molecule has 2 aromatic carbocycles. The molecule has 0 atom stereocenters. The Kier molecular flexibility index (Phi) is 4.67. The molecule has 0 amide bonds. The van der Waals surface area contributed by atoms with E-state index in [-0.39, 0.29) is 25.7 Å². The normalized spacial score (nSPS) is 12.9. The summed E-state index contributed by atoms with van der Waals surface area (Å²) in [5.74, 6) is -0.000806. The highest BCUT2D eigenvalue weighted by Crippen LogP contribution is 2.33. The van der Waals surface area contributed by atoms with E-state index in [4.69, 9.17) is 14.2 Å². The van der Waals surface area contributed by atoms with Crippen LogP contribution < -0.4 is 4.74 Å². The number of hydrogen-bond acceptors (Lipinski definition) is 6. The summed E-state index contributed by atoms with van der Waals surface area (Å²) in [5.41, 5.74) is 3.16. The van der Waals surface area contributed by atoms with Crippen LogP contribution in [0.5, 0.6) is 5.75 Å². The number of nitro groups is 1. The van der Waals surface area contributed by atoms with E-state index < -0.39 is 10.9 Å². The van der Waals surface area contributed by atoms with Crippen molar-refractivity contribution in [1.29, 1.82) is 0 Å². The lowest BCUT2D eigenvalue weighted by atomic mass is 10.1. The van der Waals surface area contributed by atoms with Gasteiger partial charge in [0.2, 0.25) is 0 Å². The Labute approximate surface area is 144 Å². The van der Waals surface area contributed by atoms with Gasteiger partial charge in [-0.2, -0.15) is 0 Å². The molecule has 1 aliphatic heterocycles. The number of aryl methyl sites for hydroxylation is 2. The summed E-state index contributed by atoms with van der Waals surface area (Å²) >= 11 is 0. The SMILES string of the molecule is Cc1ccc(C)c(C(=O)OCc2cc([N+](=O)[O-])cc3c2OCOC3)c1. The van der Waals surface area contributed by atoms with Crippen LogP contribution in [0.2, 0.25) is 0 Å². The minimum absolute atomic E-state index is 0.0583. The minimum Gasteiger partial charge on any atom is -0.467 e. The van der Waals surface area contributed by atoms with Crippen LogP contribution in [0.3, 0.4) is 0 Å². The Morgan fingerprint density at radius 1 is 1.28 bits per heavy atom. The third-order valence-electron chi connectivity index (χ3n) is 3.95. The molecule has 0 saturated heterocycles. The molecule has 0 aromatic heterocycles. The largest absolute Gasteiger partial charge is 0.467 e. The number of hydrogen-bond donors (Lipinski definition) is 0. The second kappa shape index (κ2) is 6.90. The lowest BCUT2D eigenvalue weighted by molar-refractivity contribution is -0.385. The van der Waals surface area contributed by atoms with Crippen LogP contribution in [0.15, 0.2) is 30.3 Å². The highest BCUT2D eigenvalue weighted by atomic mass is 16.7. The highest BCUT2D eigenvalue weighted by Gasteiger charge is 2.22. The first kappa shape index (κ1) is 16.9. The van der Waals surface area contributed by atoms with Crippen molar-refractivity contribution in [2.45, 2.75) is 27.1 Å². The number of rotatable bonds is 4. The zero-order chi connectivity index (χ0) is 18.0. The number of carbonyl (C=O) groups is 1. The maximum atomic E-state index is 12.4. The number of carbonyl (C=O) groups excluding carboxylic acids is 1. The van der Waals surface area contributed by atoms with Gasteiger partial charge in [0.15, 0.2) is 6.79 Å². The van der Waals surface area contributed by atoms with Gasteiger partial charge in [0, 0.05) is 23.3 Å². The van der Waals surface area contributed by atoms with Crippen molar-refractivity contribution < 1.29 is 23.9 Å². The monoisotopic (exact) mass is 343 g/mol. The van der Waals surface area contributed by atoms with E-state index in [2.05, 4.69) is 0 Å². The zero-order valence-electron chi connectivity index (χ0n) is 13.9. The Morgan fingerprint density at radius 2 is 2.08 bits per heavy atom. The van der Waals surface area contributed by atoms with E-state index in [0.29, 0.717) is 22.4 Å². The molecule has 1 aliphatic rings. The first-order valence-corrected chi connectivity index (χ1v) is 7.71. The van der Waals surface area contributed by atoms with Crippen LogP contribution in [0.1, 0.15) is 32.6 Å². The fourth-order valence-corrected chi connectivity index (χ4v) is 2.67. The van der Waals surface area contributed by atoms with Crippen molar-refractivity contribution in [3.63, 3.8) is 0 Å². The Hall–Kier alpha value is -2.93. The molecule has 0 saturated carbocycles. The summed E-state index contributed by atoms with van der Waals surface area (Å²) < 4.78 is 16.0. The average molecular weight is 343 g/mol. The van der Waals surface area contributed by atoms with Gasteiger partial charge in [0.05, 0.1) is 17.1 Å². The molecule has 130 valence electrons. The van der Waals surface area contributed by atoms with Crippen molar-refractivity contribution in [2.75, 3.05) is 6.79 Å². The smallest absolute Gasteiger partial charge is 0.338 e. The molecular formula is C18H17NO6. The summed E-state index contributed by atoms with van der Waals surface area (Å²) in [4.78, 5) is 23.0. The topological polar surface area (TPSA) is 87.9 Å². The molecule has 0 N–H and O–H groups in total. The molecule has 7 heteroatoms. The predicted octanol–water partition coefficient (Wildman–Crippen LogP) is 3.44. The van der Waals surface area contributed by atoms with E-state index in [1.807, 2.05) is 26.0 Å². The first-order chi connectivity index (χ1) is 12.0. The van der Waals surface area contributed by atoms with Gasteiger partial charge in [-0.3, -0.25) is 10.1 Å². The number of benzene rings is 2. The maximum Gasteiger partial charge on any atom is 0.338 e. The number of fused-ring (bicyclic) bond motifs is 1. The quantitative estimate of drug-likeness (QED) is 0.480. The molecule has 0 radical (unpaired) electrons. The van der Waals surface area contributed by atoms with E-state index in [0.717, 1.165) is 11.1 Å². The van der Waals surface area contributed by atoms with Gasteiger partial charge in [-0.25, -0.2) is 4.79 Å². The van der Waals surface area contributed by atoms with Crippen molar-refractivity contribution in [1.82, 2.24) is 0 Å². The Balaban J connectivity index is 1.85. The van der Waals surface area contributed by atoms with Crippen molar-refractivity contribution >= 4 is 11.7 Å². The van der Waals surface area contributed by atoms with Crippen LogP contribution in [0, 0.1) is 24.0 Å². The molecular weight excluding hydrogens is 326 g/mol. The van der Waals surface area contributed by atoms with E-state index in [9.17, 15) is 14.9 Å². The van der Waals surface area contributed by atoms with Gasteiger partial charge >= 0.3 is 5.97 Å². The van der Waals surface area contributed by atoms with Crippen molar-refractivity contribution in [3.8, 4) is 5.75 Å². The summed E-state index contributed by atoms with van der Waals surface area (Å²) in [5, 5.41) is 11.1. The lowest BCUT2D eigenvalue weighted by Gasteiger charge is -2.20. The molecule has 0 bridgehead atoms. The van der Waals surface area contributed by atoms with Crippen LogP contribution in [0.4, 0.5) is 5.69 Å². The minimum atomic E-state index is -0.495. The molecule has 2 aromatic rings. The summed E-state index contributed by atoms with van der Waals surface area (Å²) in [6.07, 6.45) is 0. The van der Waals surface area contributed by atoms with Crippen molar-refractivity contribution in [2.24, 2.45) is 0 Å². The Bertz CT molecular complexity index is 846. The second-order valence-corrected chi connectivity index (χ2v) is 5.86. The number of nitrogens with zero attached hydrogens (tertiary/aromatic N) is 1. The molecule has 0 spiro atoms. The van der Waals surface area contributed by atoms with Crippen LogP contribution in [-0.4, -0.2) is 17.7 Å². The van der Waals surface area contributed by atoms with Crippen LogP contribution in [-0.2, 0) is 22.7 Å². The van der Waals surface area contributed by atoms with Gasteiger partial charge in [-0.05, 0) is 25.5 Å². The zero-order valence-corrected chi connectivity index (χ0v) is 13.9. The fraction of sp³-hybridized carbons (Fsp3) is 0.278. The van der Waals surface area contributed by atoms with Crippen LogP contribution >= 0.6 is 0 Å². The summed E-state index contributed by atoms with van der Waals surface area (Å²) in [6.45, 7) is 3.88. The van der Waals surface area contributed by atoms with Gasteiger partial charge in [0.1, 0.15) is 12.4 Å². The Morgan fingerprint density at radius 3 is 2.84 bits per heavy atom. The molecule has 25 heavy (non-hydrogen) atoms. The predicted molar refractivity (Wildman–Crippen MR) is 88.4 cm³/mol. The molecule has 0 unspecified atom stereocenters. The summed E-state index contributed by atoms with van der Waals surface area (Å²) in [7, 11) is 0. The summed E-state index contributed by atoms with van der Waals surface area (Å²) in [6, 6.07) is 8.29. The standard InChI is InChI=1S/C18H17NO6/c1-11-3-4-12(2)16(5-11)18(20)24-9-14-7-15(19(21)22)6-13-8-23-10-25-17(13)14/h3-7H,8-10H2,1-2H3. The fourth-order valence-electron chi connectivity index (χ4n) is 2.67. The van der Waals surface area contributed by atoms with E-state index >= 15 is 0 Å². The first-order valence-electron chi connectivity index (χ1n) is 7.71. The lowest BCUT2D eigenvalue weighted by Crippen LogP contribution is -2.15. The van der Waals surface area contributed by atoms with E-state index in [1.165, 1.54) is 12.1 Å². The molecule has 0 aliphatic carbocycles. The maximum absolute atomic E-state index is 12.4. The molecule has 0 fully saturated rings. The van der Waals surface area contributed by atoms with Gasteiger partial charge < -0.3 is 14.2 Å².